The third-order valence-electron chi connectivity index (χ3n) is 2.13. The zero-order valence-electron chi connectivity index (χ0n) is 9.40. The van der Waals surface area contributed by atoms with Crippen LogP contribution in [-0.2, 0) is 0 Å². The molecule has 0 unspecified atom stereocenters. The van der Waals surface area contributed by atoms with Crippen LogP contribution in [0.4, 0.5) is 18.9 Å². The fourth-order valence-electron chi connectivity index (χ4n) is 1.35. The zero-order chi connectivity index (χ0) is 13.9. The lowest BCUT2D eigenvalue weighted by Crippen LogP contribution is -2.17. The highest BCUT2D eigenvalue weighted by atomic mass is 32.1. The molecule has 0 bridgehead atoms. The van der Waals surface area contributed by atoms with Crippen molar-refractivity contribution in [3.8, 4) is 5.75 Å². The van der Waals surface area contributed by atoms with Crippen LogP contribution in [0.2, 0.25) is 0 Å². The van der Waals surface area contributed by atoms with Crippen LogP contribution in [0.25, 0.3) is 0 Å². The summed E-state index contributed by atoms with van der Waals surface area (Å²) in [5.41, 5.74) is 0.895. The van der Waals surface area contributed by atoms with E-state index in [0.717, 1.165) is 12.1 Å². The van der Waals surface area contributed by atoms with Crippen LogP contribution in [-0.4, -0.2) is 12.3 Å². The van der Waals surface area contributed by atoms with Crippen molar-refractivity contribution in [3.05, 3.63) is 46.7 Å². The predicted molar refractivity (Wildman–Crippen MR) is 65.4 cm³/mol. The fraction of sp³-hybridized carbons (Fsp3) is 0.0833. The maximum Gasteiger partial charge on any atom is 0.573 e. The van der Waals surface area contributed by atoms with Crippen molar-refractivity contribution in [2.24, 2.45) is 0 Å². The maximum absolute atomic E-state index is 12.0. The first-order chi connectivity index (χ1) is 8.94. The van der Waals surface area contributed by atoms with Crippen LogP contribution >= 0.6 is 11.3 Å². The Hall–Kier alpha value is -2.02. The van der Waals surface area contributed by atoms with Gasteiger partial charge in [-0.15, -0.1) is 13.2 Å². The molecule has 1 N–H and O–H groups in total. The third-order valence-corrected chi connectivity index (χ3v) is 2.81. The van der Waals surface area contributed by atoms with E-state index in [4.69, 9.17) is 0 Å². The first-order valence-electron chi connectivity index (χ1n) is 5.13. The minimum atomic E-state index is -4.74. The second-order valence-corrected chi connectivity index (χ2v) is 4.32. The summed E-state index contributed by atoms with van der Waals surface area (Å²) in [7, 11) is 0. The number of thiophene rings is 1. The number of amides is 1. The normalized spacial score (nSPS) is 11.1. The molecule has 0 fully saturated rings. The molecule has 100 valence electrons. The van der Waals surface area contributed by atoms with Crippen LogP contribution in [0.5, 0.6) is 5.75 Å². The molecule has 0 radical (unpaired) electrons. The minimum Gasteiger partial charge on any atom is -0.406 e. The largest absolute Gasteiger partial charge is 0.573 e. The van der Waals surface area contributed by atoms with Gasteiger partial charge in [0.05, 0.1) is 5.69 Å². The van der Waals surface area contributed by atoms with Crippen molar-refractivity contribution in [2.45, 2.75) is 6.36 Å². The van der Waals surface area contributed by atoms with Gasteiger partial charge in [-0.05, 0) is 35.7 Å². The number of benzene rings is 1. The topological polar surface area (TPSA) is 38.3 Å². The van der Waals surface area contributed by atoms with E-state index < -0.39 is 12.3 Å². The fourth-order valence-corrected chi connectivity index (χ4v) is 1.93. The Morgan fingerprint density at radius 3 is 2.37 bits per heavy atom. The number of ether oxygens (including phenoxy) is 1. The third kappa shape index (κ3) is 3.99. The zero-order valence-corrected chi connectivity index (χ0v) is 10.2. The average Bonchev–Trinajstić information content (AvgIpc) is 2.80. The van der Waals surface area contributed by atoms with Gasteiger partial charge in [0.15, 0.2) is 0 Å². The van der Waals surface area contributed by atoms with Crippen LogP contribution in [0.15, 0.2) is 41.1 Å². The number of nitrogens with one attached hydrogen (secondary N) is 1. The summed E-state index contributed by atoms with van der Waals surface area (Å²) in [5, 5.41) is 6.16. The smallest absolute Gasteiger partial charge is 0.406 e. The van der Waals surface area contributed by atoms with Gasteiger partial charge >= 0.3 is 6.36 Å². The van der Waals surface area contributed by atoms with Crippen molar-refractivity contribution >= 4 is 22.9 Å². The van der Waals surface area contributed by atoms with Gasteiger partial charge in [0.1, 0.15) is 5.75 Å². The van der Waals surface area contributed by atoms with Gasteiger partial charge in [0.2, 0.25) is 0 Å². The predicted octanol–water partition coefficient (Wildman–Crippen LogP) is 3.90. The van der Waals surface area contributed by atoms with E-state index >= 15 is 0 Å². The van der Waals surface area contributed by atoms with E-state index in [9.17, 15) is 18.0 Å². The Kier molecular flexibility index (Phi) is 3.75. The van der Waals surface area contributed by atoms with Crippen LogP contribution in [0.1, 0.15) is 10.4 Å². The molecule has 0 atom stereocenters. The molecule has 0 aliphatic rings. The van der Waals surface area contributed by atoms with Crippen LogP contribution in [0, 0.1) is 0 Å². The molecule has 7 heteroatoms. The summed E-state index contributed by atoms with van der Waals surface area (Å²) in [6.07, 6.45) is -4.74. The van der Waals surface area contributed by atoms with Gasteiger partial charge in [0.25, 0.3) is 5.91 Å². The molecule has 0 aliphatic carbocycles. The standard InChI is InChI=1S/C12H8F3NO2S/c13-12(14,15)18-10-3-1-8(2-4-10)11(17)16-9-5-6-19-7-9/h1-7H,(H,16,17). The molecule has 0 aliphatic heterocycles. The van der Waals surface area contributed by atoms with E-state index in [1.54, 1.807) is 16.8 Å². The number of alkyl halides is 3. The highest BCUT2D eigenvalue weighted by Gasteiger charge is 2.31. The van der Waals surface area contributed by atoms with E-state index in [1.807, 2.05) is 0 Å². The molecule has 1 aromatic carbocycles. The molecule has 0 saturated heterocycles. The van der Waals surface area contributed by atoms with Crippen molar-refractivity contribution in [1.82, 2.24) is 0 Å². The Morgan fingerprint density at radius 2 is 1.84 bits per heavy atom. The summed E-state index contributed by atoms with van der Waals surface area (Å²) in [6, 6.07) is 6.45. The van der Waals surface area contributed by atoms with Gasteiger partial charge in [-0.2, -0.15) is 11.3 Å². The lowest BCUT2D eigenvalue weighted by Gasteiger charge is -2.09. The molecule has 2 rings (SSSR count). The van der Waals surface area contributed by atoms with E-state index in [1.165, 1.54) is 23.5 Å². The second kappa shape index (κ2) is 5.31. The summed E-state index contributed by atoms with van der Waals surface area (Å²) in [4.78, 5) is 11.7. The van der Waals surface area contributed by atoms with Gasteiger partial charge in [0, 0.05) is 10.9 Å². The molecule has 2 aromatic rings. The number of carbonyl (C=O) groups is 1. The minimum absolute atomic E-state index is 0.251. The van der Waals surface area contributed by atoms with Crippen molar-refractivity contribution < 1.29 is 22.7 Å². The van der Waals surface area contributed by atoms with E-state index in [-0.39, 0.29) is 11.3 Å². The SMILES string of the molecule is O=C(Nc1ccsc1)c1ccc(OC(F)(F)F)cc1. The number of anilines is 1. The number of hydrogen-bond donors (Lipinski definition) is 1. The molecule has 3 nitrogen and oxygen atoms in total. The first-order valence-corrected chi connectivity index (χ1v) is 6.08. The Bertz CT molecular complexity index is 549. The highest BCUT2D eigenvalue weighted by Crippen LogP contribution is 2.23. The summed E-state index contributed by atoms with van der Waals surface area (Å²) >= 11 is 1.43. The molecule has 19 heavy (non-hydrogen) atoms. The van der Waals surface area contributed by atoms with Crippen LogP contribution < -0.4 is 10.1 Å². The number of hydrogen-bond acceptors (Lipinski definition) is 3. The summed E-state index contributed by atoms with van der Waals surface area (Å²) in [6.45, 7) is 0. The molecular weight excluding hydrogens is 279 g/mol. The Morgan fingerprint density at radius 1 is 1.16 bits per heavy atom. The van der Waals surface area contributed by atoms with Crippen molar-refractivity contribution in [3.63, 3.8) is 0 Å². The van der Waals surface area contributed by atoms with Gasteiger partial charge in [-0.25, -0.2) is 0 Å². The Balaban J connectivity index is 2.04. The summed E-state index contributed by atoms with van der Waals surface area (Å²) in [5.74, 6) is -0.753. The number of halogens is 3. The highest BCUT2D eigenvalue weighted by molar-refractivity contribution is 7.08. The second-order valence-electron chi connectivity index (χ2n) is 3.54. The molecule has 1 amide bonds. The van der Waals surface area contributed by atoms with Crippen molar-refractivity contribution in [2.75, 3.05) is 5.32 Å². The van der Waals surface area contributed by atoms with E-state index in [0.29, 0.717) is 5.69 Å². The van der Waals surface area contributed by atoms with E-state index in [2.05, 4.69) is 10.1 Å². The first kappa shape index (κ1) is 13.4. The van der Waals surface area contributed by atoms with Gasteiger partial charge in [-0.1, -0.05) is 0 Å². The maximum atomic E-state index is 12.0. The average molecular weight is 287 g/mol. The quantitative estimate of drug-likeness (QED) is 0.929. The molecular formula is C12H8F3NO2S. The lowest BCUT2D eigenvalue weighted by atomic mass is 10.2. The summed E-state index contributed by atoms with van der Waals surface area (Å²) < 4.78 is 39.6. The lowest BCUT2D eigenvalue weighted by molar-refractivity contribution is -0.274. The number of carbonyl (C=O) groups excluding carboxylic acids is 1. The Labute approximate surface area is 110 Å². The van der Waals surface area contributed by atoms with Crippen molar-refractivity contribution in [1.29, 1.82) is 0 Å². The molecule has 0 saturated carbocycles. The van der Waals surface area contributed by atoms with Gasteiger partial charge < -0.3 is 10.1 Å². The van der Waals surface area contributed by atoms with Gasteiger partial charge in [-0.3, -0.25) is 4.79 Å². The molecule has 0 spiro atoms. The molecule has 1 heterocycles. The monoisotopic (exact) mass is 287 g/mol. The molecule has 1 aromatic heterocycles. The number of rotatable bonds is 3. The van der Waals surface area contributed by atoms with Crippen LogP contribution in [0.3, 0.4) is 0 Å².